The molecule has 0 saturated carbocycles. The second-order valence-corrected chi connectivity index (χ2v) is 9.94. The Kier molecular flexibility index (Phi) is 7.07. The fourth-order valence-electron chi connectivity index (χ4n) is 4.49. The molecule has 0 atom stereocenters. The molecule has 0 fully saturated rings. The Morgan fingerprint density at radius 2 is 1.53 bits per heavy atom. The first-order valence-corrected chi connectivity index (χ1v) is 12.8. The lowest BCUT2D eigenvalue weighted by Gasteiger charge is -2.19. The van der Waals surface area contributed by atoms with Crippen LogP contribution in [0.5, 0.6) is 11.5 Å². The number of nitrogens with zero attached hydrogens (tertiary/aromatic N) is 1. The van der Waals surface area contributed by atoms with Crippen molar-refractivity contribution in [3.05, 3.63) is 123 Å². The van der Waals surface area contributed by atoms with Crippen molar-refractivity contribution in [2.45, 2.75) is 19.4 Å². The Bertz CT molecular complexity index is 1560. The van der Waals surface area contributed by atoms with Crippen LogP contribution in [0.1, 0.15) is 59.7 Å². The molecule has 190 valence electrons. The number of pyridine rings is 1. The van der Waals surface area contributed by atoms with Crippen LogP contribution in [0.25, 0.3) is 0 Å². The normalized spacial score (nSPS) is 12.1. The molecule has 0 amide bonds. The molecule has 38 heavy (non-hydrogen) atoms. The monoisotopic (exact) mass is 572 g/mol. The van der Waals surface area contributed by atoms with Crippen molar-refractivity contribution in [3.8, 4) is 11.5 Å². The van der Waals surface area contributed by atoms with Crippen molar-refractivity contribution < 1.29 is 33.9 Å². The number of ether oxygens (including phenoxy) is 1. The van der Waals surface area contributed by atoms with E-state index < -0.39 is 23.3 Å². The summed E-state index contributed by atoms with van der Waals surface area (Å²) in [5.74, 6) is -2.79. The second kappa shape index (κ2) is 10.6. The minimum atomic E-state index is -0.703. The summed E-state index contributed by atoms with van der Waals surface area (Å²) in [5, 5.41) is 20.5. The molecule has 1 aromatic heterocycles. The van der Waals surface area contributed by atoms with Gasteiger partial charge in [-0.05, 0) is 48.7 Å². The van der Waals surface area contributed by atoms with E-state index in [4.69, 9.17) is 4.74 Å². The quantitative estimate of drug-likeness (QED) is 0.165. The number of ketones is 2. The van der Waals surface area contributed by atoms with Gasteiger partial charge in [-0.3, -0.25) is 9.59 Å². The van der Waals surface area contributed by atoms with Gasteiger partial charge < -0.3 is 14.9 Å². The highest BCUT2D eigenvalue weighted by Crippen LogP contribution is 2.37. The summed E-state index contributed by atoms with van der Waals surface area (Å²) in [6.45, 7) is 0.910. The van der Waals surface area contributed by atoms with E-state index >= 15 is 0 Å². The van der Waals surface area contributed by atoms with Gasteiger partial charge in [0.2, 0.25) is 5.78 Å². The number of halogens is 1. The third kappa shape index (κ3) is 5.08. The van der Waals surface area contributed by atoms with E-state index in [9.17, 15) is 24.6 Å². The Balaban J connectivity index is 1.19. The van der Waals surface area contributed by atoms with Crippen LogP contribution in [0.2, 0.25) is 0 Å². The SMILES string of the molecule is O=C(OCCCc1cc[n+](Cc2ccc(Br)cc2)cc1)c1cc(O)c2c(c1)C(=O)c1cccc(O)c1C2=O. The zero-order valence-electron chi connectivity index (χ0n) is 20.2. The van der Waals surface area contributed by atoms with Crippen molar-refractivity contribution in [3.63, 3.8) is 0 Å². The summed E-state index contributed by atoms with van der Waals surface area (Å²) in [5.41, 5.74) is 1.80. The fourth-order valence-corrected chi connectivity index (χ4v) is 4.75. The van der Waals surface area contributed by atoms with Crippen LogP contribution in [-0.2, 0) is 17.7 Å². The average molecular weight is 573 g/mol. The second-order valence-electron chi connectivity index (χ2n) is 9.02. The maximum atomic E-state index is 13.0. The first kappa shape index (κ1) is 25.4. The number of benzene rings is 3. The van der Waals surface area contributed by atoms with E-state index in [1.165, 1.54) is 29.8 Å². The number of carbonyl (C=O) groups is 3. The van der Waals surface area contributed by atoms with E-state index in [0.717, 1.165) is 22.6 Å². The Morgan fingerprint density at radius 3 is 2.26 bits per heavy atom. The zero-order valence-corrected chi connectivity index (χ0v) is 21.8. The molecule has 1 heterocycles. The molecule has 3 aromatic carbocycles. The van der Waals surface area contributed by atoms with Crippen LogP contribution in [0.15, 0.2) is 83.6 Å². The largest absolute Gasteiger partial charge is 0.507 e. The number of phenolic OH excluding ortho intramolecular Hbond substituents is 2. The molecule has 0 radical (unpaired) electrons. The fraction of sp³-hybridized carbons (Fsp3) is 0.133. The molecule has 0 bridgehead atoms. The topological polar surface area (TPSA) is 105 Å². The standard InChI is InChI=1S/C30H22BrNO6/c31-21-8-6-19(7-9-21)17-32-12-10-18(11-13-32)3-2-14-38-30(37)20-15-23-27(25(34)16-20)29(36)26-22(28(23)35)4-1-5-24(26)33/h1,4-13,15-16H,2-3,14,17H2,(H-,33,34,36)/p+1. The van der Waals surface area contributed by atoms with E-state index in [1.807, 2.05) is 36.7 Å². The lowest BCUT2D eigenvalue weighted by atomic mass is 9.82. The maximum Gasteiger partial charge on any atom is 0.338 e. The van der Waals surface area contributed by atoms with Crippen LogP contribution in [0.3, 0.4) is 0 Å². The van der Waals surface area contributed by atoms with Crippen LogP contribution in [0.4, 0.5) is 0 Å². The summed E-state index contributed by atoms with van der Waals surface area (Å²) in [6, 6.07) is 18.8. The summed E-state index contributed by atoms with van der Waals surface area (Å²) in [7, 11) is 0. The molecular formula is C30H23BrNO6+. The molecule has 0 saturated heterocycles. The smallest absolute Gasteiger partial charge is 0.338 e. The lowest BCUT2D eigenvalue weighted by molar-refractivity contribution is -0.688. The molecule has 2 N–H and O–H groups in total. The molecule has 5 rings (SSSR count). The van der Waals surface area contributed by atoms with E-state index in [0.29, 0.717) is 12.8 Å². The highest BCUT2D eigenvalue weighted by atomic mass is 79.9. The highest BCUT2D eigenvalue weighted by Gasteiger charge is 2.35. The minimum absolute atomic E-state index is 0.0217. The average Bonchev–Trinajstić information content (AvgIpc) is 2.91. The molecule has 0 spiro atoms. The van der Waals surface area contributed by atoms with Gasteiger partial charge in [0.1, 0.15) is 11.5 Å². The van der Waals surface area contributed by atoms with Gasteiger partial charge in [0.25, 0.3) is 0 Å². The van der Waals surface area contributed by atoms with Crippen molar-refractivity contribution in [2.75, 3.05) is 6.61 Å². The van der Waals surface area contributed by atoms with Gasteiger partial charge in [0.15, 0.2) is 24.7 Å². The molecule has 0 unspecified atom stereocenters. The lowest BCUT2D eigenvalue weighted by Crippen LogP contribution is -2.33. The number of aromatic nitrogens is 1. The third-order valence-electron chi connectivity index (χ3n) is 6.42. The predicted molar refractivity (Wildman–Crippen MR) is 142 cm³/mol. The van der Waals surface area contributed by atoms with Gasteiger partial charge in [-0.1, -0.05) is 40.2 Å². The van der Waals surface area contributed by atoms with Gasteiger partial charge >= 0.3 is 5.97 Å². The van der Waals surface area contributed by atoms with Crippen molar-refractivity contribution in [1.82, 2.24) is 0 Å². The number of aromatic hydroxyl groups is 2. The first-order valence-electron chi connectivity index (χ1n) is 12.0. The molecule has 0 aliphatic heterocycles. The van der Waals surface area contributed by atoms with Crippen LogP contribution < -0.4 is 4.57 Å². The number of carbonyl (C=O) groups excluding carboxylic acids is 3. The van der Waals surface area contributed by atoms with E-state index in [-0.39, 0.29) is 40.2 Å². The molecule has 1 aliphatic rings. The summed E-state index contributed by atoms with van der Waals surface area (Å²) in [6.07, 6.45) is 5.31. The Morgan fingerprint density at radius 1 is 0.816 bits per heavy atom. The van der Waals surface area contributed by atoms with Gasteiger partial charge in [-0.25, -0.2) is 9.36 Å². The molecule has 1 aliphatic carbocycles. The number of esters is 1. The van der Waals surface area contributed by atoms with Gasteiger partial charge in [-0.15, -0.1) is 0 Å². The van der Waals surface area contributed by atoms with Crippen LogP contribution in [0, 0.1) is 0 Å². The van der Waals surface area contributed by atoms with Crippen LogP contribution >= 0.6 is 15.9 Å². The summed E-state index contributed by atoms with van der Waals surface area (Å²) >= 11 is 3.44. The van der Waals surface area contributed by atoms with Crippen LogP contribution in [-0.4, -0.2) is 34.4 Å². The van der Waals surface area contributed by atoms with Crippen molar-refractivity contribution >= 4 is 33.5 Å². The molecular weight excluding hydrogens is 550 g/mol. The molecule has 4 aromatic rings. The molecule has 8 heteroatoms. The Hall–Kier alpha value is -4.30. The first-order chi connectivity index (χ1) is 18.3. The minimum Gasteiger partial charge on any atom is -0.507 e. The van der Waals surface area contributed by atoms with Gasteiger partial charge in [-0.2, -0.15) is 0 Å². The summed E-state index contributed by atoms with van der Waals surface area (Å²) in [4.78, 5) is 38.5. The third-order valence-corrected chi connectivity index (χ3v) is 6.95. The number of hydrogen-bond acceptors (Lipinski definition) is 6. The number of hydrogen-bond donors (Lipinski definition) is 2. The summed E-state index contributed by atoms with van der Waals surface area (Å²) < 4.78 is 8.49. The zero-order chi connectivity index (χ0) is 26.8. The van der Waals surface area contributed by atoms with Crippen molar-refractivity contribution in [2.24, 2.45) is 0 Å². The molecule has 7 nitrogen and oxygen atoms in total. The van der Waals surface area contributed by atoms with E-state index in [2.05, 4.69) is 32.6 Å². The number of fused-ring (bicyclic) bond motifs is 2. The van der Waals surface area contributed by atoms with Crippen molar-refractivity contribution in [1.29, 1.82) is 0 Å². The van der Waals surface area contributed by atoms with Gasteiger partial charge in [0.05, 0.1) is 23.3 Å². The highest BCUT2D eigenvalue weighted by molar-refractivity contribution is 9.10. The van der Waals surface area contributed by atoms with Gasteiger partial charge in [0, 0.05) is 33.3 Å². The number of rotatable bonds is 7. The maximum absolute atomic E-state index is 13.0. The predicted octanol–water partition coefficient (Wildman–Crippen LogP) is 4.76. The number of phenols is 2. The Labute approximate surface area is 227 Å². The van der Waals surface area contributed by atoms with E-state index in [1.54, 1.807) is 0 Å². The number of aryl methyl sites for hydroxylation is 1.